The summed E-state index contributed by atoms with van der Waals surface area (Å²) in [5.41, 5.74) is 7.44. The zero-order valence-corrected chi connectivity index (χ0v) is 25.5. The van der Waals surface area contributed by atoms with Crippen LogP contribution in [0.3, 0.4) is 0 Å². The SMILES string of the molecule is Cc1cnc(-c2c(C3CCCC3)c3ccc(C(=O)CC4(c5nc6ccc(/C=C/C(=O)O)cc6n5C)CCC4)cc3n2C)nc1. The number of rotatable bonds is 8. The quantitative estimate of drug-likeness (QED) is 0.151. The molecule has 5 aromatic rings. The Morgan fingerprint density at radius 1 is 0.977 bits per heavy atom. The molecule has 2 saturated carbocycles. The monoisotopic (exact) mass is 587 g/mol. The van der Waals surface area contributed by atoms with Gasteiger partial charge in [0.1, 0.15) is 5.82 Å². The van der Waals surface area contributed by atoms with Gasteiger partial charge in [-0.25, -0.2) is 19.7 Å². The number of benzene rings is 2. The number of aliphatic carboxylic acids is 1. The molecular weight excluding hydrogens is 550 g/mol. The van der Waals surface area contributed by atoms with Crippen LogP contribution in [-0.4, -0.2) is 40.9 Å². The lowest BCUT2D eigenvalue weighted by Crippen LogP contribution is -2.39. The van der Waals surface area contributed by atoms with Crippen LogP contribution in [0.25, 0.3) is 39.5 Å². The average molecular weight is 588 g/mol. The Bertz CT molecular complexity index is 1950. The van der Waals surface area contributed by atoms with Gasteiger partial charge in [0.05, 0.1) is 16.7 Å². The minimum Gasteiger partial charge on any atom is -0.478 e. The van der Waals surface area contributed by atoms with Crippen LogP contribution in [0, 0.1) is 6.92 Å². The van der Waals surface area contributed by atoms with Gasteiger partial charge in [0.25, 0.3) is 0 Å². The van der Waals surface area contributed by atoms with Crippen LogP contribution >= 0.6 is 0 Å². The number of ketones is 1. The Hall–Kier alpha value is -4.59. The van der Waals surface area contributed by atoms with Crippen molar-refractivity contribution >= 4 is 39.8 Å². The maximum absolute atomic E-state index is 14.0. The molecule has 224 valence electrons. The zero-order valence-electron chi connectivity index (χ0n) is 25.5. The van der Waals surface area contributed by atoms with Crippen LogP contribution in [0.1, 0.15) is 90.2 Å². The number of carbonyl (C=O) groups is 2. The van der Waals surface area contributed by atoms with Crippen LogP contribution in [0.5, 0.6) is 0 Å². The van der Waals surface area contributed by atoms with Crippen molar-refractivity contribution in [3.8, 4) is 11.5 Å². The van der Waals surface area contributed by atoms with Crippen molar-refractivity contribution in [2.24, 2.45) is 14.1 Å². The van der Waals surface area contributed by atoms with Gasteiger partial charge in [0.15, 0.2) is 11.6 Å². The van der Waals surface area contributed by atoms with Gasteiger partial charge in [-0.05, 0) is 79.5 Å². The highest BCUT2D eigenvalue weighted by molar-refractivity contribution is 6.02. The predicted molar refractivity (Wildman–Crippen MR) is 172 cm³/mol. The van der Waals surface area contributed by atoms with Crippen LogP contribution in [0.15, 0.2) is 54.9 Å². The summed E-state index contributed by atoms with van der Waals surface area (Å²) in [5.74, 6) is 1.27. The van der Waals surface area contributed by atoms with Gasteiger partial charge >= 0.3 is 5.97 Å². The van der Waals surface area contributed by atoms with E-state index in [4.69, 9.17) is 20.1 Å². The van der Waals surface area contributed by atoms with E-state index in [2.05, 4.69) is 28.3 Å². The molecule has 3 aromatic heterocycles. The number of nitrogens with zero attached hydrogens (tertiary/aromatic N) is 5. The van der Waals surface area contributed by atoms with Crippen molar-refractivity contribution in [1.29, 1.82) is 0 Å². The number of carboxylic acids is 1. The lowest BCUT2D eigenvalue weighted by Gasteiger charge is -2.40. The molecule has 0 saturated heterocycles. The summed E-state index contributed by atoms with van der Waals surface area (Å²) >= 11 is 0. The van der Waals surface area contributed by atoms with Crippen molar-refractivity contribution in [1.82, 2.24) is 24.1 Å². The molecule has 0 unspecified atom stereocenters. The molecule has 2 aliphatic rings. The number of aromatic nitrogens is 5. The first-order valence-electron chi connectivity index (χ1n) is 15.6. The van der Waals surface area contributed by atoms with E-state index < -0.39 is 5.97 Å². The molecule has 0 amide bonds. The zero-order chi connectivity index (χ0) is 30.6. The topological polar surface area (TPSA) is 103 Å². The number of aryl methyl sites for hydroxylation is 3. The van der Waals surface area contributed by atoms with E-state index in [1.807, 2.05) is 50.6 Å². The van der Waals surface area contributed by atoms with E-state index in [-0.39, 0.29) is 11.2 Å². The molecule has 8 nitrogen and oxygen atoms in total. The van der Waals surface area contributed by atoms with E-state index in [9.17, 15) is 9.59 Å². The molecule has 1 N–H and O–H groups in total. The second kappa shape index (κ2) is 10.8. The second-order valence-corrected chi connectivity index (χ2v) is 12.8. The molecule has 44 heavy (non-hydrogen) atoms. The van der Waals surface area contributed by atoms with Crippen LogP contribution in [-0.2, 0) is 24.3 Å². The number of carboxylic acid groups (broad SMARTS) is 1. The Balaban J connectivity index is 1.24. The molecule has 0 atom stereocenters. The number of hydrogen-bond donors (Lipinski definition) is 1. The van der Waals surface area contributed by atoms with Crippen molar-refractivity contribution in [3.05, 3.63) is 82.9 Å². The number of imidazole rings is 1. The number of fused-ring (bicyclic) bond motifs is 2. The van der Waals surface area contributed by atoms with Gasteiger partial charge in [-0.3, -0.25) is 4.79 Å². The van der Waals surface area contributed by atoms with Gasteiger partial charge < -0.3 is 14.2 Å². The molecule has 3 heterocycles. The largest absolute Gasteiger partial charge is 0.478 e. The molecule has 2 fully saturated rings. The number of hydrogen-bond acceptors (Lipinski definition) is 5. The summed E-state index contributed by atoms with van der Waals surface area (Å²) in [5, 5.41) is 10.2. The highest BCUT2D eigenvalue weighted by Crippen LogP contribution is 2.48. The third kappa shape index (κ3) is 4.73. The fourth-order valence-corrected chi connectivity index (χ4v) is 7.50. The van der Waals surface area contributed by atoms with Crippen LogP contribution in [0.2, 0.25) is 0 Å². The maximum atomic E-state index is 14.0. The fraction of sp³-hybridized carbons (Fsp3) is 0.361. The molecule has 7 rings (SSSR count). The Morgan fingerprint density at radius 3 is 2.41 bits per heavy atom. The van der Waals surface area contributed by atoms with Gasteiger partial charge in [-0.1, -0.05) is 37.5 Å². The highest BCUT2D eigenvalue weighted by atomic mass is 16.4. The molecule has 2 aliphatic carbocycles. The summed E-state index contributed by atoms with van der Waals surface area (Å²) in [7, 11) is 4.06. The maximum Gasteiger partial charge on any atom is 0.328 e. The standard InChI is InChI=1S/C36H37N5O3/c1-22-20-37-34(38-21-22)33-32(24-7-4-5-8-24)26-12-11-25(18-28(26)40(33)2)30(42)19-36(15-6-16-36)35-39-27-13-9-23(10-14-31(43)44)17-29(27)41(35)3/h9-14,17-18,20-21,24H,4-8,15-16,19H2,1-3H3,(H,43,44)/b14-10+. The minimum absolute atomic E-state index is 0.125. The normalized spacial score (nSPS) is 16.7. The summed E-state index contributed by atoms with van der Waals surface area (Å²) in [6.45, 7) is 2.00. The molecule has 8 heteroatoms. The van der Waals surface area contributed by atoms with Crippen LogP contribution in [0.4, 0.5) is 0 Å². The molecule has 0 spiro atoms. The number of Topliss-reactive ketones (excluding diaryl/α,β-unsaturated/α-hetero) is 1. The minimum atomic E-state index is -0.981. The van der Waals surface area contributed by atoms with E-state index in [1.165, 1.54) is 23.8 Å². The lowest BCUT2D eigenvalue weighted by molar-refractivity contribution is -0.131. The molecule has 0 aliphatic heterocycles. The predicted octanol–water partition coefficient (Wildman–Crippen LogP) is 7.28. The second-order valence-electron chi connectivity index (χ2n) is 12.8. The summed E-state index contributed by atoms with van der Waals surface area (Å²) < 4.78 is 4.27. The van der Waals surface area contributed by atoms with E-state index in [1.54, 1.807) is 6.08 Å². The third-order valence-electron chi connectivity index (χ3n) is 9.93. The van der Waals surface area contributed by atoms with E-state index in [0.717, 1.165) is 88.8 Å². The van der Waals surface area contributed by atoms with Gasteiger partial charge in [-0.15, -0.1) is 0 Å². The molecule has 0 radical (unpaired) electrons. The molecular formula is C36H37N5O3. The first kappa shape index (κ1) is 28.2. The summed E-state index contributed by atoms with van der Waals surface area (Å²) in [4.78, 5) is 39.5. The van der Waals surface area contributed by atoms with E-state index in [0.29, 0.717) is 12.3 Å². The van der Waals surface area contributed by atoms with Crippen molar-refractivity contribution < 1.29 is 14.7 Å². The first-order chi connectivity index (χ1) is 21.2. The molecule has 0 bridgehead atoms. The average Bonchev–Trinajstić information content (AvgIpc) is 3.71. The fourth-order valence-electron chi connectivity index (χ4n) is 7.50. The highest BCUT2D eigenvalue weighted by Gasteiger charge is 2.44. The third-order valence-corrected chi connectivity index (χ3v) is 9.93. The van der Waals surface area contributed by atoms with Crippen molar-refractivity contribution in [3.63, 3.8) is 0 Å². The summed E-state index contributed by atoms with van der Waals surface area (Å²) in [6.07, 6.45) is 14.6. The Kier molecular flexibility index (Phi) is 6.95. The Labute approximate surface area is 256 Å². The van der Waals surface area contributed by atoms with E-state index >= 15 is 0 Å². The number of carbonyl (C=O) groups excluding carboxylic acids is 1. The summed E-state index contributed by atoms with van der Waals surface area (Å²) in [6, 6.07) is 12.0. The van der Waals surface area contributed by atoms with Gasteiger partial charge in [0.2, 0.25) is 0 Å². The first-order valence-corrected chi connectivity index (χ1v) is 15.6. The van der Waals surface area contributed by atoms with Gasteiger partial charge in [-0.2, -0.15) is 0 Å². The lowest BCUT2D eigenvalue weighted by atomic mass is 9.64. The Morgan fingerprint density at radius 2 is 1.73 bits per heavy atom. The van der Waals surface area contributed by atoms with Crippen molar-refractivity contribution in [2.75, 3.05) is 0 Å². The van der Waals surface area contributed by atoms with Gasteiger partial charge in [0, 0.05) is 60.9 Å². The smallest absolute Gasteiger partial charge is 0.328 e. The van der Waals surface area contributed by atoms with Crippen LogP contribution < -0.4 is 0 Å². The molecule has 2 aromatic carbocycles. The van der Waals surface area contributed by atoms with Crippen molar-refractivity contribution in [2.45, 2.75) is 69.6 Å².